The maximum Gasteiger partial charge on any atom is 0.312 e. The van der Waals surface area contributed by atoms with Gasteiger partial charge >= 0.3 is 5.69 Å². The number of nitro groups is 1. The Bertz CT molecular complexity index is 1070. The Morgan fingerprint density at radius 3 is 2.43 bits per heavy atom. The van der Waals surface area contributed by atoms with Gasteiger partial charge in [-0.3, -0.25) is 19.6 Å². The molecule has 0 atom stereocenters. The third kappa shape index (κ3) is 4.32. The van der Waals surface area contributed by atoms with Crippen LogP contribution < -0.4 is 4.74 Å². The van der Waals surface area contributed by atoms with Crippen LogP contribution in [0.3, 0.4) is 0 Å². The van der Waals surface area contributed by atoms with E-state index in [0.29, 0.717) is 30.0 Å². The molecule has 0 saturated carbocycles. The van der Waals surface area contributed by atoms with Gasteiger partial charge in [-0.05, 0) is 37.6 Å². The van der Waals surface area contributed by atoms with Crippen molar-refractivity contribution in [3.05, 3.63) is 86.7 Å². The summed E-state index contributed by atoms with van der Waals surface area (Å²) < 4.78 is 6.96. The number of hydrogen-bond donors (Lipinski definition) is 0. The van der Waals surface area contributed by atoms with E-state index in [9.17, 15) is 14.9 Å². The Balaban J connectivity index is 1.71. The van der Waals surface area contributed by atoms with Crippen molar-refractivity contribution in [2.45, 2.75) is 26.9 Å². The van der Waals surface area contributed by atoms with Crippen LogP contribution in [-0.2, 0) is 13.1 Å². The summed E-state index contributed by atoms with van der Waals surface area (Å²) in [6.45, 7) is 4.13. The molecule has 1 heterocycles. The molecule has 0 bridgehead atoms. The van der Waals surface area contributed by atoms with Gasteiger partial charge in [-0.15, -0.1) is 0 Å². The van der Waals surface area contributed by atoms with Crippen molar-refractivity contribution < 1.29 is 14.5 Å². The topological polar surface area (TPSA) is 90.5 Å². The van der Waals surface area contributed by atoms with E-state index in [0.717, 1.165) is 16.9 Å². The lowest BCUT2D eigenvalue weighted by molar-refractivity contribution is -0.386. The van der Waals surface area contributed by atoms with Gasteiger partial charge in [0, 0.05) is 24.7 Å². The first kappa shape index (κ1) is 21.0. The fourth-order valence-corrected chi connectivity index (χ4v) is 3.41. The molecule has 3 rings (SSSR count). The molecule has 8 heteroatoms. The molecule has 0 aliphatic heterocycles. The summed E-state index contributed by atoms with van der Waals surface area (Å²) in [6.07, 6.45) is 0. The summed E-state index contributed by atoms with van der Waals surface area (Å²) in [5, 5.41) is 15.4. The normalized spacial score (nSPS) is 10.7. The molecular weight excluding hydrogens is 384 g/mol. The van der Waals surface area contributed by atoms with Crippen LogP contribution in [-0.4, -0.2) is 39.7 Å². The molecule has 0 unspecified atom stereocenters. The number of para-hydroxylation sites is 1. The number of hydrogen-bond acceptors (Lipinski definition) is 5. The Kier molecular flexibility index (Phi) is 6.15. The van der Waals surface area contributed by atoms with Gasteiger partial charge in [0.1, 0.15) is 17.1 Å². The monoisotopic (exact) mass is 408 g/mol. The van der Waals surface area contributed by atoms with Crippen molar-refractivity contribution >= 4 is 11.6 Å². The van der Waals surface area contributed by atoms with Crippen molar-refractivity contribution in [3.63, 3.8) is 0 Å². The zero-order valence-electron chi connectivity index (χ0n) is 17.5. The standard InChI is InChI=1S/C22H24N4O4/c1-15-21(26(28)29)16(2)25(23-15)13-17-9-11-18(12-10-17)22(27)24(3)14-19-7-5-6-8-20(19)30-4/h5-12H,13-14H2,1-4H3. The number of methoxy groups -OCH3 is 1. The largest absolute Gasteiger partial charge is 0.496 e. The Morgan fingerprint density at radius 2 is 1.83 bits per heavy atom. The first-order valence-corrected chi connectivity index (χ1v) is 9.46. The van der Waals surface area contributed by atoms with Crippen LogP contribution in [0.15, 0.2) is 48.5 Å². The highest BCUT2D eigenvalue weighted by atomic mass is 16.6. The predicted molar refractivity (Wildman–Crippen MR) is 113 cm³/mol. The van der Waals surface area contributed by atoms with Crippen LogP contribution in [0.1, 0.15) is 32.9 Å². The fraction of sp³-hybridized carbons (Fsp3) is 0.273. The van der Waals surface area contributed by atoms with Gasteiger partial charge in [0.25, 0.3) is 5.91 Å². The molecule has 1 amide bonds. The molecule has 156 valence electrons. The molecule has 0 aliphatic rings. The fourth-order valence-electron chi connectivity index (χ4n) is 3.41. The first-order chi connectivity index (χ1) is 14.3. The molecule has 0 spiro atoms. The number of aromatic nitrogens is 2. The number of carbonyl (C=O) groups excluding carboxylic acids is 1. The second kappa shape index (κ2) is 8.77. The first-order valence-electron chi connectivity index (χ1n) is 9.46. The summed E-state index contributed by atoms with van der Waals surface area (Å²) in [5.74, 6) is 0.640. The van der Waals surface area contributed by atoms with E-state index in [1.807, 2.05) is 36.4 Å². The maximum atomic E-state index is 12.8. The van der Waals surface area contributed by atoms with Crippen LogP contribution in [0, 0.1) is 24.0 Å². The number of aryl methyl sites for hydroxylation is 1. The van der Waals surface area contributed by atoms with E-state index in [1.54, 1.807) is 49.7 Å². The molecule has 0 saturated heterocycles. The zero-order valence-corrected chi connectivity index (χ0v) is 17.5. The van der Waals surface area contributed by atoms with Crippen molar-refractivity contribution in [2.75, 3.05) is 14.2 Å². The third-order valence-corrected chi connectivity index (χ3v) is 5.01. The zero-order chi connectivity index (χ0) is 21.8. The number of carbonyl (C=O) groups is 1. The number of nitrogens with zero attached hydrogens (tertiary/aromatic N) is 4. The van der Waals surface area contributed by atoms with Crippen molar-refractivity contribution in [2.24, 2.45) is 0 Å². The lowest BCUT2D eigenvalue weighted by atomic mass is 10.1. The molecule has 0 N–H and O–H groups in total. The minimum absolute atomic E-state index is 0.0414. The van der Waals surface area contributed by atoms with Gasteiger partial charge in [0.05, 0.1) is 18.6 Å². The molecule has 8 nitrogen and oxygen atoms in total. The summed E-state index contributed by atoms with van der Waals surface area (Å²) in [4.78, 5) is 25.2. The van der Waals surface area contributed by atoms with E-state index >= 15 is 0 Å². The highest BCUT2D eigenvalue weighted by molar-refractivity contribution is 5.94. The summed E-state index contributed by atoms with van der Waals surface area (Å²) >= 11 is 0. The number of rotatable bonds is 7. The van der Waals surface area contributed by atoms with Crippen molar-refractivity contribution in [1.82, 2.24) is 14.7 Å². The van der Waals surface area contributed by atoms with E-state index in [-0.39, 0.29) is 11.6 Å². The molecule has 0 fully saturated rings. The second-order valence-electron chi connectivity index (χ2n) is 7.10. The lowest BCUT2D eigenvalue weighted by Gasteiger charge is -2.19. The molecule has 1 aromatic heterocycles. The van der Waals surface area contributed by atoms with E-state index in [4.69, 9.17) is 4.74 Å². The second-order valence-corrected chi connectivity index (χ2v) is 7.10. The predicted octanol–water partition coefficient (Wildman–Crippen LogP) is 3.74. The van der Waals surface area contributed by atoms with Gasteiger partial charge in [-0.25, -0.2) is 0 Å². The smallest absolute Gasteiger partial charge is 0.312 e. The number of amides is 1. The average Bonchev–Trinajstić information content (AvgIpc) is 3.01. The highest BCUT2D eigenvalue weighted by Crippen LogP contribution is 2.23. The van der Waals surface area contributed by atoms with Crippen LogP contribution in [0.25, 0.3) is 0 Å². The number of ether oxygens (including phenoxy) is 1. The van der Waals surface area contributed by atoms with Gasteiger partial charge in [0.15, 0.2) is 0 Å². The van der Waals surface area contributed by atoms with Crippen LogP contribution in [0.4, 0.5) is 5.69 Å². The van der Waals surface area contributed by atoms with Gasteiger partial charge in [-0.2, -0.15) is 5.10 Å². The van der Waals surface area contributed by atoms with Gasteiger partial charge in [0.2, 0.25) is 0 Å². The Labute approximate surface area is 174 Å². The lowest BCUT2D eigenvalue weighted by Crippen LogP contribution is -2.26. The maximum absolute atomic E-state index is 12.8. The summed E-state index contributed by atoms with van der Waals surface area (Å²) in [6, 6.07) is 14.8. The van der Waals surface area contributed by atoms with Crippen molar-refractivity contribution in [3.8, 4) is 5.75 Å². The van der Waals surface area contributed by atoms with E-state index in [1.165, 1.54) is 0 Å². The minimum atomic E-state index is -0.409. The molecule has 0 radical (unpaired) electrons. The van der Waals surface area contributed by atoms with Gasteiger partial charge in [-0.1, -0.05) is 30.3 Å². The Hall–Kier alpha value is -3.68. The molecule has 3 aromatic rings. The Morgan fingerprint density at radius 1 is 1.17 bits per heavy atom. The third-order valence-electron chi connectivity index (χ3n) is 5.01. The molecular formula is C22H24N4O4. The van der Waals surface area contributed by atoms with Crippen LogP contribution in [0.5, 0.6) is 5.75 Å². The molecule has 2 aromatic carbocycles. The average molecular weight is 408 g/mol. The van der Waals surface area contributed by atoms with E-state index < -0.39 is 4.92 Å². The van der Waals surface area contributed by atoms with Gasteiger partial charge < -0.3 is 9.64 Å². The molecule has 0 aliphatic carbocycles. The summed E-state index contributed by atoms with van der Waals surface area (Å²) in [5.41, 5.74) is 3.34. The quantitative estimate of drug-likeness (QED) is 0.439. The van der Waals surface area contributed by atoms with Crippen LogP contribution in [0.2, 0.25) is 0 Å². The van der Waals surface area contributed by atoms with E-state index in [2.05, 4.69) is 5.10 Å². The SMILES string of the molecule is COc1ccccc1CN(C)C(=O)c1ccc(Cn2nc(C)c([N+](=O)[O-])c2C)cc1. The number of benzene rings is 2. The van der Waals surface area contributed by atoms with Crippen LogP contribution >= 0.6 is 0 Å². The van der Waals surface area contributed by atoms with Crippen molar-refractivity contribution in [1.29, 1.82) is 0 Å². The summed E-state index contributed by atoms with van der Waals surface area (Å²) in [7, 11) is 3.36. The molecule has 30 heavy (non-hydrogen) atoms. The highest BCUT2D eigenvalue weighted by Gasteiger charge is 2.21. The minimum Gasteiger partial charge on any atom is -0.496 e.